The van der Waals surface area contributed by atoms with E-state index in [4.69, 9.17) is 5.73 Å². The van der Waals surface area contributed by atoms with Gasteiger partial charge in [-0.3, -0.25) is 10.1 Å². The third-order valence-electron chi connectivity index (χ3n) is 2.13. The maximum Gasteiger partial charge on any atom is 0.352 e. The van der Waals surface area contributed by atoms with E-state index >= 15 is 0 Å². The predicted molar refractivity (Wildman–Crippen MR) is 67.3 cm³/mol. The van der Waals surface area contributed by atoms with E-state index in [1.807, 2.05) is 6.92 Å². The Bertz CT molecular complexity index is 584. The summed E-state index contributed by atoms with van der Waals surface area (Å²) < 4.78 is 0. The van der Waals surface area contributed by atoms with Crippen molar-refractivity contribution in [3.63, 3.8) is 0 Å². The molecule has 0 unspecified atom stereocenters. The number of anilines is 2. The van der Waals surface area contributed by atoms with E-state index in [0.29, 0.717) is 6.54 Å². The molecule has 0 saturated heterocycles. The van der Waals surface area contributed by atoms with Gasteiger partial charge in [-0.2, -0.15) is 0 Å². The molecule has 0 aliphatic rings. The number of aryl methyl sites for hydroxylation is 1. The summed E-state index contributed by atoms with van der Waals surface area (Å²) in [6.07, 6.45) is 2.89. The van der Waals surface area contributed by atoms with Crippen LogP contribution in [0.5, 0.6) is 0 Å². The van der Waals surface area contributed by atoms with Crippen LogP contribution in [0.15, 0.2) is 12.5 Å². The third kappa shape index (κ3) is 2.51. The average Bonchev–Trinajstić information content (AvgIpc) is 2.72. The van der Waals surface area contributed by atoms with Crippen LogP contribution in [0.4, 0.5) is 17.3 Å². The molecule has 3 N–H and O–H groups in total. The van der Waals surface area contributed by atoms with E-state index in [9.17, 15) is 10.1 Å². The molecule has 0 radical (unpaired) electrons. The second-order valence-electron chi connectivity index (χ2n) is 3.41. The summed E-state index contributed by atoms with van der Waals surface area (Å²) in [5.41, 5.74) is 5.15. The number of thiazole rings is 1. The van der Waals surface area contributed by atoms with Gasteiger partial charge in [0.05, 0.1) is 16.5 Å². The zero-order valence-corrected chi connectivity index (χ0v) is 10.3. The number of nitro groups is 1. The van der Waals surface area contributed by atoms with E-state index in [0.717, 1.165) is 9.88 Å². The normalized spacial score (nSPS) is 10.3. The maximum absolute atomic E-state index is 10.9. The van der Waals surface area contributed by atoms with Gasteiger partial charge in [0.2, 0.25) is 11.6 Å². The number of aromatic nitrogens is 3. The van der Waals surface area contributed by atoms with Crippen molar-refractivity contribution >= 4 is 28.7 Å². The highest BCUT2D eigenvalue weighted by Gasteiger charge is 2.20. The molecular formula is C9H10N6O2S. The van der Waals surface area contributed by atoms with Crippen LogP contribution in [0.3, 0.4) is 0 Å². The van der Waals surface area contributed by atoms with Gasteiger partial charge < -0.3 is 11.1 Å². The van der Waals surface area contributed by atoms with Crippen molar-refractivity contribution in [2.45, 2.75) is 13.5 Å². The fourth-order valence-electron chi connectivity index (χ4n) is 1.36. The lowest BCUT2D eigenvalue weighted by Crippen LogP contribution is -2.07. The van der Waals surface area contributed by atoms with Crippen molar-refractivity contribution in [2.24, 2.45) is 0 Å². The van der Waals surface area contributed by atoms with Gasteiger partial charge in [0, 0.05) is 11.1 Å². The van der Waals surface area contributed by atoms with Gasteiger partial charge in [0.25, 0.3) is 0 Å². The fourth-order valence-corrected chi connectivity index (χ4v) is 2.09. The van der Waals surface area contributed by atoms with Gasteiger partial charge in [0.1, 0.15) is 6.33 Å². The Morgan fingerprint density at radius 3 is 2.89 bits per heavy atom. The second kappa shape index (κ2) is 4.92. The van der Waals surface area contributed by atoms with Crippen molar-refractivity contribution in [3.05, 3.63) is 32.5 Å². The minimum Gasteiger partial charge on any atom is -0.378 e. The molecule has 18 heavy (non-hydrogen) atoms. The minimum atomic E-state index is -0.602. The smallest absolute Gasteiger partial charge is 0.352 e. The molecule has 0 spiro atoms. The van der Waals surface area contributed by atoms with E-state index in [2.05, 4.69) is 20.3 Å². The number of hydrogen-bond donors (Lipinski definition) is 2. The molecule has 0 aromatic carbocycles. The Balaban J connectivity index is 2.19. The number of nitrogen functional groups attached to an aromatic ring is 1. The van der Waals surface area contributed by atoms with Crippen molar-refractivity contribution in [2.75, 3.05) is 11.1 Å². The molecule has 0 amide bonds. The topological polar surface area (TPSA) is 120 Å². The summed E-state index contributed by atoms with van der Waals surface area (Å²) in [6, 6.07) is 0. The highest BCUT2D eigenvalue weighted by atomic mass is 32.1. The van der Waals surface area contributed by atoms with E-state index in [1.165, 1.54) is 17.7 Å². The van der Waals surface area contributed by atoms with Crippen LogP contribution in [0, 0.1) is 17.0 Å². The van der Waals surface area contributed by atoms with E-state index in [1.54, 1.807) is 6.20 Å². The van der Waals surface area contributed by atoms with Crippen LogP contribution in [-0.4, -0.2) is 19.9 Å². The van der Waals surface area contributed by atoms with Gasteiger partial charge in [-0.05, 0) is 6.92 Å². The van der Waals surface area contributed by atoms with E-state index in [-0.39, 0.29) is 17.3 Å². The molecule has 0 saturated carbocycles. The van der Waals surface area contributed by atoms with Crippen LogP contribution in [0.1, 0.15) is 9.88 Å². The first-order valence-corrected chi connectivity index (χ1v) is 5.79. The minimum absolute atomic E-state index is 0.110. The monoisotopic (exact) mass is 266 g/mol. The van der Waals surface area contributed by atoms with Crippen molar-refractivity contribution < 1.29 is 4.92 Å². The molecule has 0 fully saturated rings. The second-order valence-corrected chi connectivity index (χ2v) is 4.73. The van der Waals surface area contributed by atoms with Crippen molar-refractivity contribution in [1.82, 2.24) is 15.0 Å². The third-order valence-corrected chi connectivity index (χ3v) is 3.05. The standard InChI is InChI=1S/C9H10N6O2S/c1-5-11-2-6(18-5)3-12-9-7(15(16)17)8(10)13-4-14-9/h2,4H,3H2,1H3,(H3,10,12,13,14). The first kappa shape index (κ1) is 12.2. The number of nitrogens with one attached hydrogen (secondary N) is 1. The summed E-state index contributed by atoms with van der Waals surface area (Å²) >= 11 is 1.51. The highest BCUT2D eigenvalue weighted by Crippen LogP contribution is 2.26. The Morgan fingerprint density at radius 1 is 1.50 bits per heavy atom. The van der Waals surface area contributed by atoms with Gasteiger partial charge in [0.15, 0.2) is 0 Å². The van der Waals surface area contributed by atoms with Gasteiger partial charge in [-0.1, -0.05) is 0 Å². The zero-order chi connectivity index (χ0) is 13.1. The van der Waals surface area contributed by atoms with Crippen molar-refractivity contribution in [3.8, 4) is 0 Å². The molecule has 94 valence electrons. The number of nitrogens with two attached hydrogens (primary N) is 1. The highest BCUT2D eigenvalue weighted by molar-refractivity contribution is 7.11. The molecule has 9 heteroatoms. The summed E-state index contributed by atoms with van der Waals surface area (Å²) in [5, 5.41) is 14.7. The molecule has 8 nitrogen and oxygen atoms in total. The number of rotatable bonds is 4. The van der Waals surface area contributed by atoms with Crippen LogP contribution in [0.2, 0.25) is 0 Å². The van der Waals surface area contributed by atoms with Crippen LogP contribution >= 0.6 is 11.3 Å². The molecule has 0 aliphatic carbocycles. The molecule has 2 rings (SSSR count). The summed E-state index contributed by atoms with van der Waals surface area (Å²) in [6.45, 7) is 2.29. The van der Waals surface area contributed by atoms with Crippen LogP contribution < -0.4 is 11.1 Å². The first-order valence-electron chi connectivity index (χ1n) is 4.98. The van der Waals surface area contributed by atoms with E-state index < -0.39 is 4.92 Å². The molecule has 2 aromatic heterocycles. The molecule has 0 atom stereocenters. The maximum atomic E-state index is 10.9. The SMILES string of the molecule is Cc1ncc(CNc2ncnc(N)c2[N+](=O)[O-])s1. The lowest BCUT2D eigenvalue weighted by molar-refractivity contribution is -0.383. The van der Waals surface area contributed by atoms with Crippen LogP contribution in [0.25, 0.3) is 0 Å². The van der Waals surface area contributed by atoms with Crippen LogP contribution in [-0.2, 0) is 6.54 Å². The molecular weight excluding hydrogens is 256 g/mol. The zero-order valence-electron chi connectivity index (χ0n) is 9.45. The average molecular weight is 266 g/mol. The fraction of sp³-hybridized carbons (Fsp3) is 0.222. The Hall–Kier alpha value is -2.29. The van der Waals surface area contributed by atoms with Gasteiger partial charge in [-0.15, -0.1) is 11.3 Å². The van der Waals surface area contributed by atoms with Gasteiger partial charge >= 0.3 is 5.69 Å². The van der Waals surface area contributed by atoms with Gasteiger partial charge in [-0.25, -0.2) is 15.0 Å². The number of nitrogens with zero attached hydrogens (tertiary/aromatic N) is 4. The van der Waals surface area contributed by atoms with Crippen molar-refractivity contribution in [1.29, 1.82) is 0 Å². The first-order chi connectivity index (χ1) is 8.58. The summed E-state index contributed by atoms with van der Waals surface area (Å²) in [7, 11) is 0. The molecule has 2 aromatic rings. The lowest BCUT2D eigenvalue weighted by Gasteiger charge is -2.04. The Kier molecular flexibility index (Phi) is 3.33. The summed E-state index contributed by atoms with van der Waals surface area (Å²) in [4.78, 5) is 22.7. The Morgan fingerprint density at radius 2 is 2.28 bits per heavy atom. The lowest BCUT2D eigenvalue weighted by atomic mass is 10.4. The molecule has 0 bridgehead atoms. The predicted octanol–water partition coefficient (Wildman–Crippen LogP) is 1.34. The molecule has 0 aliphatic heterocycles. The molecule has 2 heterocycles. The largest absolute Gasteiger partial charge is 0.378 e. The Labute approximate surface area is 106 Å². The quantitative estimate of drug-likeness (QED) is 0.632. The summed E-state index contributed by atoms with van der Waals surface area (Å²) in [5.74, 6) is -0.0449. The number of hydrogen-bond acceptors (Lipinski definition) is 8.